The monoisotopic (exact) mass is 267 g/mol. The fourth-order valence-corrected chi connectivity index (χ4v) is 3.76. The molecule has 1 heterocycles. The van der Waals surface area contributed by atoms with E-state index in [1.165, 1.54) is 58.4 Å². The molecule has 2 rings (SSSR count). The van der Waals surface area contributed by atoms with Gasteiger partial charge in [0.25, 0.3) is 0 Å². The van der Waals surface area contributed by atoms with Gasteiger partial charge in [-0.15, -0.1) is 0 Å². The molecule has 1 saturated heterocycles. The van der Waals surface area contributed by atoms with E-state index in [4.69, 9.17) is 0 Å². The Balaban J connectivity index is 1.73. The normalized spacial score (nSPS) is 31.7. The van der Waals surface area contributed by atoms with E-state index in [0.29, 0.717) is 0 Å². The molecule has 112 valence electrons. The van der Waals surface area contributed by atoms with Crippen molar-refractivity contribution in [1.29, 1.82) is 0 Å². The van der Waals surface area contributed by atoms with Crippen LogP contribution in [0.3, 0.4) is 0 Å². The van der Waals surface area contributed by atoms with E-state index in [0.717, 1.165) is 24.5 Å². The van der Waals surface area contributed by atoms with Gasteiger partial charge in [0.05, 0.1) is 0 Å². The number of rotatable bonds is 6. The van der Waals surface area contributed by atoms with E-state index in [1.807, 2.05) is 0 Å². The van der Waals surface area contributed by atoms with E-state index >= 15 is 0 Å². The van der Waals surface area contributed by atoms with Crippen LogP contribution in [0, 0.1) is 5.92 Å². The molecule has 1 N–H and O–H groups in total. The summed E-state index contributed by atoms with van der Waals surface area (Å²) in [5.41, 5.74) is 0. The lowest BCUT2D eigenvalue weighted by Gasteiger charge is -2.39. The minimum absolute atomic E-state index is 0.767. The first-order valence-corrected chi connectivity index (χ1v) is 8.44. The predicted molar refractivity (Wildman–Crippen MR) is 82.6 cm³/mol. The van der Waals surface area contributed by atoms with Crippen LogP contribution in [0.4, 0.5) is 0 Å². The van der Waals surface area contributed by atoms with Gasteiger partial charge in [0.2, 0.25) is 0 Å². The zero-order valence-electron chi connectivity index (χ0n) is 13.2. The largest absolute Gasteiger partial charge is 0.314 e. The highest BCUT2D eigenvalue weighted by Crippen LogP contribution is 2.26. The molecule has 0 aromatic carbocycles. The van der Waals surface area contributed by atoms with Gasteiger partial charge in [-0.3, -0.25) is 4.90 Å². The molecule has 0 spiro atoms. The van der Waals surface area contributed by atoms with Crippen molar-refractivity contribution in [1.82, 2.24) is 15.1 Å². The Kier molecular flexibility index (Phi) is 6.11. The average molecular weight is 267 g/mol. The molecule has 0 bridgehead atoms. The minimum atomic E-state index is 0.767. The van der Waals surface area contributed by atoms with Gasteiger partial charge in [-0.05, 0) is 38.6 Å². The SMILES string of the molecule is CCNC1CCCC1CN1CCN(C(C)CC)CC1. The molecule has 0 radical (unpaired) electrons. The first kappa shape index (κ1) is 15.3. The van der Waals surface area contributed by atoms with Gasteiger partial charge in [0.15, 0.2) is 0 Å². The number of piperazine rings is 1. The molecular weight excluding hydrogens is 234 g/mol. The fourth-order valence-electron chi connectivity index (χ4n) is 3.76. The fraction of sp³-hybridized carbons (Fsp3) is 1.00. The maximum Gasteiger partial charge on any atom is 0.0113 e. The second-order valence-corrected chi connectivity index (χ2v) is 6.45. The summed E-state index contributed by atoms with van der Waals surface area (Å²) in [6.45, 7) is 14.5. The van der Waals surface area contributed by atoms with Crippen molar-refractivity contribution in [3.05, 3.63) is 0 Å². The Labute approximate surface area is 119 Å². The standard InChI is InChI=1S/C16H33N3/c1-4-14(3)19-11-9-18(10-12-19)13-15-7-6-8-16(15)17-5-2/h14-17H,4-13H2,1-3H3. The second kappa shape index (κ2) is 7.61. The lowest BCUT2D eigenvalue weighted by atomic mass is 10.0. The van der Waals surface area contributed by atoms with Gasteiger partial charge in [0, 0.05) is 44.8 Å². The van der Waals surface area contributed by atoms with E-state index in [9.17, 15) is 0 Å². The summed E-state index contributed by atoms with van der Waals surface area (Å²) < 4.78 is 0. The zero-order chi connectivity index (χ0) is 13.7. The molecule has 0 aromatic heterocycles. The Morgan fingerprint density at radius 2 is 1.84 bits per heavy atom. The zero-order valence-corrected chi connectivity index (χ0v) is 13.2. The average Bonchev–Trinajstić information content (AvgIpc) is 2.86. The summed E-state index contributed by atoms with van der Waals surface area (Å²) in [5, 5.41) is 3.68. The van der Waals surface area contributed by atoms with Crippen molar-refractivity contribution >= 4 is 0 Å². The Morgan fingerprint density at radius 1 is 1.11 bits per heavy atom. The maximum atomic E-state index is 3.68. The molecule has 1 aliphatic heterocycles. The summed E-state index contributed by atoms with van der Waals surface area (Å²) in [7, 11) is 0. The third-order valence-corrected chi connectivity index (χ3v) is 5.24. The molecular formula is C16H33N3. The Hall–Kier alpha value is -0.120. The summed E-state index contributed by atoms with van der Waals surface area (Å²) >= 11 is 0. The molecule has 2 aliphatic rings. The molecule has 0 aromatic rings. The van der Waals surface area contributed by atoms with Crippen molar-refractivity contribution in [2.24, 2.45) is 5.92 Å². The second-order valence-electron chi connectivity index (χ2n) is 6.45. The Morgan fingerprint density at radius 3 is 2.47 bits per heavy atom. The minimum Gasteiger partial charge on any atom is -0.314 e. The summed E-state index contributed by atoms with van der Waals surface area (Å²) in [5.74, 6) is 0.898. The first-order valence-electron chi connectivity index (χ1n) is 8.44. The van der Waals surface area contributed by atoms with Crippen molar-refractivity contribution in [2.45, 2.75) is 58.5 Å². The van der Waals surface area contributed by atoms with Gasteiger partial charge >= 0.3 is 0 Å². The van der Waals surface area contributed by atoms with Crippen LogP contribution < -0.4 is 5.32 Å². The molecule has 19 heavy (non-hydrogen) atoms. The predicted octanol–water partition coefficient (Wildman–Crippen LogP) is 2.18. The van der Waals surface area contributed by atoms with Gasteiger partial charge in [-0.2, -0.15) is 0 Å². The van der Waals surface area contributed by atoms with E-state index in [2.05, 4.69) is 35.9 Å². The molecule has 3 unspecified atom stereocenters. The van der Waals surface area contributed by atoms with Gasteiger partial charge in [0.1, 0.15) is 0 Å². The number of hydrogen-bond donors (Lipinski definition) is 1. The van der Waals surface area contributed by atoms with Crippen LogP contribution in [0.2, 0.25) is 0 Å². The number of hydrogen-bond acceptors (Lipinski definition) is 3. The van der Waals surface area contributed by atoms with Gasteiger partial charge in [-0.1, -0.05) is 20.3 Å². The van der Waals surface area contributed by atoms with Crippen LogP contribution in [-0.2, 0) is 0 Å². The van der Waals surface area contributed by atoms with Crippen molar-refractivity contribution < 1.29 is 0 Å². The topological polar surface area (TPSA) is 18.5 Å². The summed E-state index contributed by atoms with van der Waals surface area (Å²) in [6, 6.07) is 1.56. The lowest BCUT2D eigenvalue weighted by Crippen LogP contribution is -2.51. The number of nitrogens with one attached hydrogen (secondary N) is 1. The van der Waals surface area contributed by atoms with Crippen LogP contribution in [0.15, 0.2) is 0 Å². The summed E-state index contributed by atoms with van der Waals surface area (Å²) in [4.78, 5) is 5.37. The van der Waals surface area contributed by atoms with E-state index < -0.39 is 0 Å². The quantitative estimate of drug-likeness (QED) is 0.796. The van der Waals surface area contributed by atoms with Gasteiger partial charge in [-0.25, -0.2) is 0 Å². The van der Waals surface area contributed by atoms with Crippen LogP contribution in [-0.4, -0.2) is 61.2 Å². The maximum absolute atomic E-state index is 3.68. The third kappa shape index (κ3) is 4.17. The van der Waals surface area contributed by atoms with Crippen LogP contribution in [0.1, 0.15) is 46.5 Å². The molecule has 3 nitrogen and oxygen atoms in total. The first-order chi connectivity index (χ1) is 9.24. The van der Waals surface area contributed by atoms with Crippen LogP contribution in [0.5, 0.6) is 0 Å². The summed E-state index contributed by atoms with van der Waals surface area (Å²) in [6.07, 6.45) is 5.54. The smallest absolute Gasteiger partial charge is 0.0113 e. The van der Waals surface area contributed by atoms with Crippen molar-refractivity contribution in [2.75, 3.05) is 39.3 Å². The van der Waals surface area contributed by atoms with Crippen molar-refractivity contribution in [3.8, 4) is 0 Å². The third-order valence-electron chi connectivity index (χ3n) is 5.24. The highest BCUT2D eigenvalue weighted by molar-refractivity contribution is 4.86. The lowest BCUT2D eigenvalue weighted by molar-refractivity contribution is 0.0873. The molecule has 3 atom stereocenters. The van der Waals surface area contributed by atoms with Gasteiger partial charge < -0.3 is 10.2 Å². The molecule has 3 heteroatoms. The molecule has 1 aliphatic carbocycles. The van der Waals surface area contributed by atoms with E-state index in [-0.39, 0.29) is 0 Å². The highest BCUT2D eigenvalue weighted by atomic mass is 15.3. The highest BCUT2D eigenvalue weighted by Gasteiger charge is 2.29. The molecule has 0 amide bonds. The van der Waals surface area contributed by atoms with Crippen molar-refractivity contribution in [3.63, 3.8) is 0 Å². The van der Waals surface area contributed by atoms with E-state index in [1.54, 1.807) is 0 Å². The van der Waals surface area contributed by atoms with Crippen LogP contribution >= 0.6 is 0 Å². The Bertz CT molecular complexity index is 248. The van der Waals surface area contributed by atoms with Crippen LogP contribution in [0.25, 0.3) is 0 Å². The molecule has 2 fully saturated rings. The number of nitrogens with zero attached hydrogens (tertiary/aromatic N) is 2. The molecule has 1 saturated carbocycles.